The van der Waals surface area contributed by atoms with E-state index in [4.69, 9.17) is 14.2 Å². The van der Waals surface area contributed by atoms with Crippen molar-refractivity contribution in [1.29, 1.82) is 0 Å². The van der Waals surface area contributed by atoms with Gasteiger partial charge in [0, 0.05) is 0 Å². The van der Waals surface area contributed by atoms with Crippen molar-refractivity contribution in [3.05, 3.63) is 47.5 Å². The standard InChI is InChI=1S/C18H19F3O5/c1-11-4-6-15(17(8-11)26-18(19,20)21)25-10-13(22)12-5-7-14(23-2)16(9-12)24-3/h4-9,13,22H,10H2,1-3H3. The maximum absolute atomic E-state index is 12.5. The van der Waals surface area contributed by atoms with Crippen LogP contribution in [0.3, 0.4) is 0 Å². The van der Waals surface area contributed by atoms with Gasteiger partial charge in [-0.2, -0.15) is 0 Å². The molecule has 5 nitrogen and oxygen atoms in total. The first-order valence-electron chi connectivity index (χ1n) is 7.62. The second-order valence-corrected chi connectivity index (χ2v) is 5.44. The zero-order valence-electron chi connectivity index (χ0n) is 14.5. The SMILES string of the molecule is COc1ccc(C(O)COc2ccc(C)cc2OC(F)(F)F)cc1OC. The number of aliphatic hydroxyl groups excluding tert-OH is 1. The summed E-state index contributed by atoms with van der Waals surface area (Å²) in [6, 6.07) is 8.94. The third-order valence-corrected chi connectivity index (χ3v) is 3.51. The summed E-state index contributed by atoms with van der Waals surface area (Å²) in [5.74, 6) is 0.328. The molecular formula is C18H19F3O5. The van der Waals surface area contributed by atoms with Crippen molar-refractivity contribution >= 4 is 0 Å². The molecule has 0 aromatic heterocycles. The third kappa shape index (κ3) is 5.19. The molecule has 0 amide bonds. The second-order valence-electron chi connectivity index (χ2n) is 5.44. The molecule has 0 aliphatic heterocycles. The van der Waals surface area contributed by atoms with E-state index in [1.165, 1.54) is 26.4 Å². The summed E-state index contributed by atoms with van der Waals surface area (Å²) in [6.45, 7) is 1.36. The van der Waals surface area contributed by atoms with Crippen molar-refractivity contribution in [2.45, 2.75) is 19.4 Å². The lowest BCUT2D eigenvalue weighted by Crippen LogP contribution is -2.18. The van der Waals surface area contributed by atoms with Crippen LogP contribution >= 0.6 is 0 Å². The van der Waals surface area contributed by atoms with Gasteiger partial charge in [0.15, 0.2) is 23.0 Å². The lowest BCUT2D eigenvalue weighted by atomic mass is 10.1. The molecule has 0 heterocycles. The highest BCUT2D eigenvalue weighted by Gasteiger charge is 2.32. The van der Waals surface area contributed by atoms with Gasteiger partial charge in [0.2, 0.25) is 0 Å². The van der Waals surface area contributed by atoms with E-state index in [9.17, 15) is 18.3 Å². The summed E-state index contributed by atoms with van der Waals surface area (Å²) in [5.41, 5.74) is 1.05. The third-order valence-electron chi connectivity index (χ3n) is 3.51. The number of hydrogen-bond donors (Lipinski definition) is 1. The van der Waals surface area contributed by atoms with Crippen molar-refractivity contribution < 1.29 is 37.2 Å². The van der Waals surface area contributed by atoms with Crippen molar-refractivity contribution in [3.63, 3.8) is 0 Å². The molecule has 2 rings (SSSR count). The number of benzene rings is 2. The number of aliphatic hydroxyl groups is 1. The van der Waals surface area contributed by atoms with Gasteiger partial charge in [-0.1, -0.05) is 12.1 Å². The predicted molar refractivity (Wildman–Crippen MR) is 87.9 cm³/mol. The molecule has 2 aromatic carbocycles. The van der Waals surface area contributed by atoms with E-state index in [1.54, 1.807) is 31.2 Å². The van der Waals surface area contributed by atoms with Gasteiger partial charge in [-0.15, -0.1) is 13.2 Å². The smallest absolute Gasteiger partial charge is 0.493 e. The summed E-state index contributed by atoms with van der Waals surface area (Å²) in [5, 5.41) is 10.3. The molecule has 0 saturated carbocycles. The van der Waals surface area contributed by atoms with E-state index >= 15 is 0 Å². The van der Waals surface area contributed by atoms with Gasteiger partial charge >= 0.3 is 6.36 Å². The first-order chi connectivity index (χ1) is 12.2. The molecule has 26 heavy (non-hydrogen) atoms. The number of hydrogen-bond acceptors (Lipinski definition) is 5. The Kier molecular flexibility index (Phi) is 6.20. The zero-order valence-corrected chi connectivity index (χ0v) is 14.5. The fraction of sp³-hybridized carbons (Fsp3) is 0.333. The van der Waals surface area contributed by atoms with Crippen LogP contribution in [0, 0.1) is 6.92 Å². The Morgan fingerprint density at radius 1 is 0.923 bits per heavy atom. The highest BCUT2D eigenvalue weighted by molar-refractivity contribution is 5.44. The number of rotatable bonds is 7. The van der Waals surface area contributed by atoms with Crippen molar-refractivity contribution in [2.75, 3.05) is 20.8 Å². The summed E-state index contributed by atoms with van der Waals surface area (Å²) < 4.78 is 57.1. The van der Waals surface area contributed by atoms with Crippen LogP contribution in [0.15, 0.2) is 36.4 Å². The van der Waals surface area contributed by atoms with Gasteiger partial charge < -0.3 is 24.1 Å². The van der Waals surface area contributed by atoms with Gasteiger partial charge in [-0.05, 0) is 42.3 Å². The van der Waals surface area contributed by atoms with Crippen LogP contribution in [0.1, 0.15) is 17.2 Å². The number of methoxy groups -OCH3 is 2. The second kappa shape index (κ2) is 8.18. The average Bonchev–Trinajstić information content (AvgIpc) is 2.58. The van der Waals surface area contributed by atoms with Gasteiger partial charge in [0.1, 0.15) is 12.7 Å². The minimum Gasteiger partial charge on any atom is -0.493 e. The van der Waals surface area contributed by atoms with E-state index in [0.29, 0.717) is 22.6 Å². The van der Waals surface area contributed by atoms with Gasteiger partial charge in [-0.3, -0.25) is 0 Å². The highest BCUT2D eigenvalue weighted by atomic mass is 19.4. The first-order valence-corrected chi connectivity index (χ1v) is 7.62. The quantitative estimate of drug-likeness (QED) is 0.796. The molecule has 0 bridgehead atoms. The van der Waals surface area contributed by atoms with E-state index in [1.807, 2.05) is 0 Å². The molecule has 1 unspecified atom stereocenters. The van der Waals surface area contributed by atoms with Crippen LogP contribution in [0.2, 0.25) is 0 Å². The highest BCUT2D eigenvalue weighted by Crippen LogP contribution is 2.34. The Hall–Kier alpha value is -2.61. The zero-order chi connectivity index (χ0) is 19.3. The molecule has 0 aliphatic carbocycles. The summed E-state index contributed by atoms with van der Waals surface area (Å²) in [4.78, 5) is 0. The normalized spacial score (nSPS) is 12.4. The van der Waals surface area contributed by atoms with E-state index < -0.39 is 18.2 Å². The van der Waals surface area contributed by atoms with Crippen LogP contribution in [-0.4, -0.2) is 32.3 Å². The summed E-state index contributed by atoms with van der Waals surface area (Å²) >= 11 is 0. The van der Waals surface area contributed by atoms with Gasteiger partial charge in [-0.25, -0.2) is 0 Å². The average molecular weight is 372 g/mol. The molecule has 142 valence electrons. The molecule has 0 fully saturated rings. The molecule has 0 aliphatic rings. The van der Waals surface area contributed by atoms with Crippen LogP contribution in [0.5, 0.6) is 23.0 Å². The topological polar surface area (TPSA) is 57.2 Å². The fourth-order valence-corrected chi connectivity index (χ4v) is 2.26. The predicted octanol–water partition coefficient (Wildman–Crippen LogP) is 4.02. The Balaban J connectivity index is 2.13. The molecule has 2 aromatic rings. The number of halogens is 3. The largest absolute Gasteiger partial charge is 0.573 e. The maximum Gasteiger partial charge on any atom is 0.573 e. The van der Waals surface area contributed by atoms with Gasteiger partial charge in [0.25, 0.3) is 0 Å². The molecule has 1 atom stereocenters. The van der Waals surface area contributed by atoms with E-state index in [2.05, 4.69) is 4.74 Å². The molecular weight excluding hydrogens is 353 g/mol. The molecule has 0 radical (unpaired) electrons. The number of alkyl halides is 3. The Morgan fingerprint density at radius 2 is 1.58 bits per heavy atom. The monoisotopic (exact) mass is 372 g/mol. The van der Waals surface area contributed by atoms with Crippen LogP contribution in [0.25, 0.3) is 0 Å². The summed E-state index contributed by atoms with van der Waals surface area (Å²) in [6.07, 6.45) is -5.93. The molecule has 1 N–H and O–H groups in total. The number of aryl methyl sites for hydroxylation is 1. The van der Waals surface area contributed by atoms with Crippen LogP contribution in [-0.2, 0) is 0 Å². The molecule has 0 saturated heterocycles. The van der Waals surface area contributed by atoms with Crippen molar-refractivity contribution in [1.82, 2.24) is 0 Å². The summed E-state index contributed by atoms with van der Waals surface area (Å²) in [7, 11) is 2.94. The Bertz CT molecular complexity index is 746. The van der Waals surface area contributed by atoms with E-state index in [0.717, 1.165) is 0 Å². The minimum atomic E-state index is -4.84. The molecule has 8 heteroatoms. The van der Waals surface area contributed by atoms with Crippen LogP contribution in [0.4, 0.5) is 13.2 Å². The Labute approximate surface area is 148 Å². The lowest BCUT2D eigenvalue weighted by Gasteiger charge is -2.18. The number of ether oxygens (including phenoxy) is 4. The Morgan fingerprint density at radius 3 is 2.19 bits per heavy atom. The van der Waals surface area contributed by atoms with Crippen LogP contribution < -0.4 is 18.9 Å². The maximum atomic E-state index is 12.5. The van der Waals surface area contributed by atoms with E-state index in [-0.39, 0.29) is 12.4 Å². The van der Waals surface area contributed by atoms with Gasteiger partial charge in [0.05, 0.1) is 14.2 Å². The first kappa shape index (κ1) is 19.7. The fourth-order valence-electron chi connectivity index (χ4n) is 2.26. The minimum absolute atomic E-state index is 0.118. The van der Waals surface area contributed by atoms with Crippen molar-refractivity contribution in [3.8, 4) is 23.0 Å². The van der Waals surface area contributed by atoms with Crippen molar-refractivity contribution in [2.24, 2.45) is 0 Å². The molecule has 0 spiro atoms. The lowest BCUT2D eigenvalue weighted by molar-refractivity contribution is -0.275.